The molecule has 0 aliphatic carbocycles. The minimum atomic E-state index is -0.102. The Bertz CT molecular complexity index is 77.0. The molecular weight excluding hydrogens is 132 g/mol. The SMILES string of the molecule is C[C@H](O)[C@@H]1CCCCS1. The summed E-state index contributed by atoms with van der Waals surface area (Å²) in [4.78, 5) is 0. The van der Waals surface area contributed by atoms with Crippen LogP contribution in [0.1, 0.15) is 26.2 Å². The molecule has 1 nitrogen and oxygen atoms in total. The molecule has 0 spiro atoms. The van der Waals surface area contributed by atoms with E-state index in [4.69, 9.17) is 5.11 Å². The van der Waals surface area contributed by atoms with E-state index in [0.29, 0.717) is 5.25 Å². The molecule has 54 valence electrons. The monoisotopic (exact) mass is 146 g/mol. The van der Waals surface area contributed by atoms with E-state index in [9.17, 15) is 0 Å². The van der Waals surface area contributed by atoms with E-state index < -0.39 is 0 Å². The molecule has 1 N–H and O–H groups in total. The highest BCUT2D eigenvalue weighted by Crippen LogP contribution is 2.27. The van der Waals surface area contributed by atoms with Gasteiger partial charge in [0.15, 0.2) is 0 Å². The second kappa shape index (κ2) is 3.47. The molecule has 1 heterocycles. The van der Waals surface area contributed by atoms with Crippen LogP contribution < -0.4 is 0 Å². The van der Waals surface area contributed by atoms with Crippen LogP contribution in [0.3, 0.4) is 0 Å². The van der Waals surface area contributed by atoms with Gasteiger partial charge in [-0.1, -0.05) is 6.42 Å². The molecule has 0 aromatic heterocycles. The van der Waals surface area contributed by atoms with Crippen molar-refractivity contribution in [1.29, 1.82) is 0 Å². The Morgan fingerprint density at radius 3 is 2.67 bits per heavy atom. The maximum Gasteiger partial charge on any atom is 0.0630 e. The molecule has 0 saturated carbocycles. The van der Waals surface area contributed by atoms with Crippen LogP contribution in [0.15, 0.2) is 0 Å². The second-order valence-electron chi connectivity index (χ2n) is 2.65. The van der Waals surface area contributed by atoms with Crippen LogP contribution in [0, 0.1) is 0 Å². The lowest BCUT2D eigenvalue weighted by Crippen LogP contribution is -2.22. The van der Waals surface area contributed by atoms with Gasteiger partial charge in [-0.25, -0.2) is 0 Å². The average molecular weight is 146 g/mol. The first-order valence-electron chi connectivity index (χ1n) is 3.60. The van der Waals surface area contributed by atoms with Gasteiger partial charge in [0.05, 0.1) is 6.10 Å². The highest BCUT2D eigenvalue weighted by molar-refractivity contribution is 8.00. The van der Waals surface area contributed by atoms with Crippen LogP contribution >= 0.6 is 11.8 Å². The quantitative estimate of drug-likeness (QED) is 0.607. The van der Waals surface area contributed by atoms with Gasteiger partial charge in [0.2, 0.25) is 0 Å². The summed E-state index contributed by atoms with van der Waals surface area (Å²) < 4.78 is 0. The number of rotatable bonds is 1. The van der Waals surface area contributed by atoms with Gasteiger partial charge in [-0.3, -0.25) is 0 Å². The Hall–Kier alpha value is 0.310. The Balaban J connectivity index is 2.23. The average Bonchev–Trinajstić information content (AvgIpc) is 1.90. The fourth-order valence-corrected chi connectivity index (χ4v) is 2.43. The van der Waals surface area contributed by atoms with E-state index in [2.05, 4.69) is 0 Å². The van der Waals surface area contributed by atoms with Crippen LogP contribution in [-0.2, 0) is 0 Å². The molecule has 0 amide bonds. The molecule has 0 bridgehead atoms. The van der Waals surface area contributed by atoms with Crippen molar-refractivity contribution in [2.24, 2.45) is 0 Å². The molecule has 1 rings (SSSR count). The molecule has 1 fully saturated rings. The maximum atomic E-state index is 9.16. The van der Waals surface area contributed by atoms with Crippen LogP contribution in [0.5, 0.6) is 0 Å². The summed E-state index contributed by atoms with van der Waals surface area (Å²) in [6.45, 7) is 1.89. The predicted molar refractivity (Wildman–Crippen MR) is 41.8 cm³/mol. The van der Waals surface area contributed by atoms with Crippen molar-refractivity contribution < 1.29 is 5.11 Å². The minimum absolute atomic E-state index is 0.102. The van der Waals surface area contributed by atoms with Gasteiger partial charge in [-0.2, -0.15) is 11.8 Å². The molecular formula is C7H14OS. The number of thioether (sulfide) groups is 1. The van der Waals surface area contributed by atoms with Crippen molar-refractivity contribution in [3.63, 3.8) is 0 Å². The van der Waals surface area contributed by atoms with Crippen LogP contribution in [-0.4, -0.2) is 22.2 Å². The lowest BCUT2D eigenvalue weighted by atomic mass is 10.1. The third kappa shape index (κ3) is 2.18. The zero-order valence-electron chi connectivity index (χ0n) is 5.84. The predicted octanol–water partition coefficient (Wildman–Crippen LogP) is 1.65. The van der Waals surface area contributed by atoms with E-state index in [1.165, 1.54) is 25.0 Å². The summed E-state index contributed by atoms with van der Waals surface area (Å²) in [5.74, 6) is 1.25. The van der Waals surface area contributed by atoms with E-state index in [1.54, 1.807) is 0 Å². The largest absolute Gasteiger partial charge is 0.392 e. The zero-order valence-corrected chi connectivity index (χ0v) is 6.66. The minimum Gasteiger partial charge on any atom is -0.392 e. The van der Waals surface area contributed by atoms with Crippen molar-refractivity contribution >= 4 is 11.8 Å². The Kier molecular flexibility index (Phi) is 2.86. The van der Waals surface area contributed by atoms with E-state index >= 15 is 0 Å². The molecule has 0 aromatic rings. The number of aliphatic hydroxyl groups is 1. The molecule has 1 saturated heterocycles. The second-order valence-corrected chi connectivity index (χ2v) is 3.99. The van der Waals surface area contributed by atoms with Crippen molar-refractivity contribution in [2.45, 2.75) is 37.5 Å². The lowest BCUT2D eigenvalue weighted by Gasteiger charge is -2.23. The highest BCUT2D eigenvalue weighted by atomic mass is 32.2. The summed E-state index contributed by atoms with van der Waals surface area (Å²) in [5, 5.41) is 9.68. The van der Waals surface area contributed by atoms with Crippen molar-refractivity contribution in [1.82, 2.24) is 0 Å². The van der Waals surface area contributed by atoms with E-state index in [-0.39, 0.29) is 6.10 Å². The van der Waals surface area contributed by atoms with Gasteiger partial charge >= 0.3 is 0 Å². The van der Waals surface area contributed by atoms with Crippen molar-refractivity contribution in [3.05, 3.63) is 0 Å². The first-order valence-corrected chi connectivity index (χ1v) is 4.65. The number of hydrogen-bond acceptors (Lipinski definition) is 2. The fourth-order valence-electron chi connectivity index (χ4n) is 1.15. The Morgan fingerprint density at radius 1 is 1.56 bits per heavy atom. The van der Waals surface area contributed by atoms with Gasteiger partial charge in [0.1, 0.15) is 0 Å². The topological polar surface area (TPSA) is 20.2 Å². The van der Waals surface area contributed by atoms with Crippen LogP contribution in [0.4, 0.5) is 0 Å². The molecule has 2 atom stereocenters. The standard InChI is InChI=1S/C7H14OS/c1-6(8)7-4-2-3-5-9-7/h6-8H,2-5H2,1H3/t6-,7-/m0/s1. The van der Waals surface area contributed by atoms with E-state index in [1.807, 2.05) is 18.7 Å². The summed E-state index contributed by atoms with van der Waals surface area (Å²) in [7, 11) is 0. The smallest absolute Gasteiger partial charge is 0.0630 e. The van der Waals surface area contributed by atoms with E-state index in [0.717, 1.165) is 0 Å². The molecule has 9 heavy (non-hydrogen) atoms. The molecule has 1 aliphatic rings. The van der Waals surface area contributed by atoms with Gasteiger partial charge < -0.3 is 5.11 Å². The lowest BCUT2D eigenvalue weighted by molar-refractivity contribution is 0.185. The van der Waals surface area contributed by atoms with Crippen LogP contribution in [0.2, 0.25) is 0 Å². The fraction of sp³-hybridized carbons (Fsp3) is 1.00. The third-order valence-corrected chi connectivity index (χ3v) is 3.34. The van der Waals surface area contributed by atoms with Gasteiger partial charge in [-0.05, 0) is 25.5 Å². The third-order valence-electron chi connectivity index (χ3n) is 1.75. The molecule has 0 aromatic carbocycles. The highest BCUT2D eigenvalue weighted by Gasteiger charge is 2.17. The molecule has 0 radical (unpaired) electrons. The first-order chi connectivity index (χ1) is 4.30. The summed E-state index contributed by atoms with van der Waals surface area (Å²) in [6.07, 6.45) is 3.76. The van der Waals surface area contributed by atoms with Crippen molar-refractivity contribution in [2.75, 3.05) is 5.75 Å². The Morgan fingerprint density at radius 2 is 2.33 bits per heavy atom. The molecule has 0 unspecified atom stereocenters. The number of hydrogen-bond donors (Lipinski definition) is 1. The first kappa shape index (κ1) is 7.42. The van der Waals surface area contributed by atoms with Crippen LogP contribution in [0.25, 0.3) is 0 Å². The van der Waals surface area contributed by atoms with Gasteiger partial charge in [0, 0.05) is 5.25 Å². The Labute approximate surface area is 60.8 Å². The summed E-state index contributed by atoms with van der Waals surface area (Å²) >= 11 is 1.92. The summed E-state index contributed by atoms with van der Waals surface area (Å²) in [5.41, 5.74) is 0. The van der Waals surface area contributed by atoms with Crippen molar-refractivity contribution in [3.8, 4) is 0 Å². The summed E-state index contributed by atoms with van der Waals surface area (Å²) in [6, 6.07) is 0. The zero-order chi connectivity index (χ0) is 6.69. The molecule has 1 aliphatic heterocycles. The molecule has 2 heteroatoms. The number of aliphatic hydroxyl groups excluding tert-OH is 1. The maximum absolute atomic E-state index is 9.16. The van der Waals surface area contributed by atoms with Gasteiger partial charge in [0.25, 0.3) is 0 Å². The normalized spacial score (nSPS) is 32.0. The van der Waals surface area contributed by atoms with Gasteiger partial charge in [-0.15, -0.1) is 0 Å².